The maximum absolute atomic E-state index is 14.4. The summed E-state index contributed by atoms with van der Waals surface area (Å²) >= 11 is 0. The fraction of sp³-hybridized carbons (Fsp3) is 0.625. The van der Waals surface area contributed by atoms with Crippen molar-refractivity contribution in [1.29, 1.82) is 0 Å². The maximum atomic E-state index is 14.4. The molecule has 2 N–H and O–H groups in total. The van der Waals surface area contributed by atoms with Crippen LogP contribution in [0.2, 0.25) is 0 Å². The average Bonchev–Trinajstić information content (AvgIpc) is 2.38. The molecule has 3 heteroatoms. The minimum Gasteiger partial charge on any atom is -0.330 e. The van der Waals surface area contributed by atoms with Gasteiger partial charge >= 0.3 is 0 Å². The van der Waals surface area contributed by atoms with Crippen molar-refractivity contribution in [2.24, 2.45) is 5.73 Å². The molecule has 0 aliphatic heterocycles. The quantitative estimate of drug-likeness (QED) is 0.873. The van der Waals surface area contributed by atoms with Gasteiger partial charge in [0.05, 0.1) is 0 Å². The zero-order valence-corrected chi connectivity index (χ0v) is 11.8. The molecule has 1 fully saturated rings. The van der Waals surface area contributed by atoms with Gasteiger partial charge in [0, 0.05) is 17.5 Å². The fourth-order valence-corrected chi connectivity index (χ4v) is 3.38. The minimum absolute atomic E-state index is 0.197. The molecule has 106 valence electrons. The van der Waals surface area contributed by atoms with Gasteiger partial charge in [-0.05, 0) is 38.3 Å². The van der Waals surface area contributed by atoms with Gasteiger partial charge in [-0.25, -0.2) is 8.78 Å². The van der Waals surface area contributed by atoms with Crippen LogP contribution in [-0.2, 0) is 11.1 Å². The number of hydrogen-bond donors (Lipinski definition) is 1. The van der Waals surface area contributed by atoms with Crippen molar-refractivity contribution in [3.8, 4) is 0 Å². The average molecular weight is 267 g/mol. The summed E-state index contributed by atoms with van der Waals surface area (Å²) < 4.78 is 28.5. The highest BCUT2D eigenvalue weighted by Gasteiger charge is 2.38. The molecule has 1 saturated carbocycles. The van der Waals surface area contributed by atoms with Gasteiger partial charge in [-0.15, -0.1) is 0 Å². The zero-order chi connectivity index (χ0) is 14.1. The molecule has 2 rings (SSSR count). The van der Waals surface area contributed by atoms with Gasteiger partial charge in [0.1, 0.15) is 11.5 Å². The van der Waals surface area contributed by atoms with E-state index in [4.69, 9.17) is 5.73 Å². The van der Waals surface area contributed by atoms with Gasteiger partial charge in [0.15, 0.2) is 0 Å². The molecule has 1 nitrogen and oxygen atoms in total. The van der Waals surface area contributed by atoms with Crippen LogP contribution < -0.4 is 5.73 Å². The highest BCUT2D eigenvalue weighted by molar-refractivity contribution is 5.39. The lowest BCUT2D eigenvalue weighted by Gasteiger charge is -2.39. The second-order valence-electron chi connectivity index (χ2n) is 6.18. The van der Waals surface area contributed by atoms with E-state index < -0.39 is 11.5 Å². The molecular weight excluding hydrogens is 244 g/mol. The topological polar surface area (TPSA) is 26.0 Å². The number of alkyl halides is 1. The summed E-state index contributed by atoms with van der Waals surface area (Å²) in [5.41, 5.74) is 5.03. The predicted octanol–water partition coefficient (Wildman–Crippen LogP) is 4.19. The summed E-state index contributed by atoms with van der Waals surface area (Å²) in [4.78, 5) is 0. The lowest BCUT2D eigenvalue weighted by Crippen LogP contribution is -2.39. The van der Waals surface area contributed by atoms with E-state index in [9.17, 15) is 8.78 Å². The summed E-state index contributed by atoms with van der Waals surface area (Å²) in [5, 5.41) is 0. The summed E-state index contributed by atoms with van der Waals surface area (Å²) in [5.74, 6) is -0.455. The van der Waals surface area contributed by atoms with E-state index in [2.05, 4.69) is 0 Å². The van der Waals surface area contributed by atoms with Crippen molar-refractivity contribution in [3.05, 3.63) is 35.1 Å². The lowest BCUT2D eigenvalue weighted by atomic mass is 9.67. The zero-order valence-electron chi connectivity index (χ0n) is 11.8. The van der Waals surface area contributed by atoms with Gasteiger partial charge in [0.25, 0.3) is 0 Å². The van der Waals surface area contributed by atoms with Crippen molar-refractivity contribution >= 4 is 0 Å². The summed E-state index contributed by atoms with van der Waals surface area (Å²) in [6, 6.07) is 4.87. The Kier molecular flexibility index (Phi) is 3.95. The first kappa shape index (κ1) is 14.4. The molecule has 1 aliphatic rings. The second kappa shape index (κ2) is 5.20. The van der Waals surface area contributed by atoms with E-state index in [1.165, 1.54) is 26.3 Å². The Hall–Kier alpha value is -0.960. The first-order valence-electron chi connectivity index (χ1n) is 7.09. The molecule has 0 heterocycles. The molecule has 0 radical (unpaired) electrons. The first-order valence-corrected chi connectivity index (χ1v) is 7.09. The van der Waals surface area contributed by atoms with E-state index in [-0.39, 0.29) is 11.0 Å². The highest BCUT2D eigenvalue weighted by Crippen LogP contribution is 2.44. The standard InChI is InChI=1S/C16H23F2N/c1-15(2,18)14-12(7-6-8-13(14)17)16(11-19)9-4-3-5-10-16/h6-8H,3-5,9-11,19H2,1-2H3. The molecule has 1 aliphatic carbocycles. The molecule has 0 atom stereocenters. The molecular formula is C16H23F2N. The van der Waals surface area contributed by atoms with Crippen LogP contribution in [0.1, 0.15) is 57.1 Å². The van der Waals surface area contributed by atoms with Crippen LogP contribution in [0, 0.1) is 5.82 Å². The van der Waals surface area contributed by atoms with Crippen molar-refractivity contribution in [1.82, 2.24) is 0 Å². The molecule has 1 aromatic rings. The Labute approximate surface area is 114 Å². The third-order valence-electron chi connectivity index (χ3n) is 4.38. The number of halogens is 2. The first-order chi connectivity index (χ1) is 8.91. The van der Waals surface area contributed by atoms with Gasteiger partial charge in [0.2, 0.25) is 0 Å². The number of nitrogens with two attached hydrogens (primary N) is 1. The van der Waals surface area contributed by atoms with E-state index in [1.54, 1.807) is 6.07 Å². The van der Waals surface area contributed by atoms with Crippen LogP contribution >= 0.6 is 0 Å². The van der Waals surface area contributed by atoms with Gasteiger partial charge < -0.3 is 5.73 Å². The van der Waals surface area contributed by atoms with Crippen LogP contribution in [0.3, 0.4) is 0 Å². The Morgan fingerprint density at radius 2 is 1.84 bits per heavy atom. The second-order valence-corrected chi connectivity index (χ2v) is 6.18. The summed E-state index contributed by atoms with van der Waals surface area (Å²) in [6.07, 6.45) is 5.21. The molecule has 0 unspecified atom stereocenters. The lowest BCUT2D eigenvalue weighted by molar-refractivity contribution is 0.202. The van der Waals surface area contributed by atoms with Crippen molar-refractivity contribution in [2.45, 2.75) is 57.0 Å². The van der Waals surface area contributed by atoms with Crippen LogP contribution in [-0.4, -0.2) is 6.54 Å². The number of hydrogen-bond acceptors (Lipinski definition) is 1. The molecule has 0 spiro atoms. The highest BCUT2D eigenvalue weighted by atomic mass is 19.1. The fourth-order valence-electron chi connectivity index (χ4n) is 3.38. The third kappa shape index (κ3) is 2.66. The van der Waals surface area contributed by atoms with Crippen molar-refractivity contribution in [2.75, 3.05) is 6.54 Å². The van der Waals surface area contributed by atoms with E-state index in [0.29, 0.717) is 6.54 Å². The molecule has 1 aromatic carbocycles. The van der Waals surface area contributed by atoms with Gasteiger partial charge in [-0.1, -0.05) is 31.4 Å². The van der Waals surface area contributed by atoms with Crippen LogP contribution in [0.25, 0.3) is 0 Å². The Morgan fingerprint density at radius 1 is 1.21 bits per heavy atom. The van der Waals surface area contributed by atoms with Crippen LogP contribution in [0.4, 0.5) is 8.78 Å². The normalized spacial score (nSPS) is 19.4. The Bertz CT molecular complexity index is 443. The molecule has 0 bridgehead atoms. The van der Waals surface area contributed by atoms with Crippen molar-refractivity contribution < 1.29 is 8.78 Å². The summed E-state index contributed by atoms with van der Waals surface area (Å²) in [7, 11) is 0. The van der Waals surface area contributed by atoms with E-state index >= 15 is 0 Å². The molecule has 0 aromatic heterocycles. The van der Waals surface area contributed by atoms with E-state index in [1.807, 2.05) is 6.07 Å². The molecule has 19 heavy (non-hydrogen) atoms. The number of rotatable bonds is 3. The Balaban J connectivity index is 2.57. The third-order valence-corrected chi connectivity index (χ3v) is 4.38. The van der Waals surface area contributed by atoms with Gasteiger partial charge in [-0.3, -0.25) is 0 Å². The predicted molar refractivity (Wildman–Crippen MR) is 74.4 cm³/mol. The van der Waals surface area contributed by atoms with Crippen LogP contribution in [0.5, 0.6) is 0 Å². The minimum atomic E-state index is -1.68. The van der Waals surface area contributed by atoms with Gasteiger partial charge in [-0.2, -0.15) is 0 Å². The monoisotopic (exact) mass is 267 g/mol. The largest absolute Gasteiger partial charge is 0.330 e. The smallest absolute Gasteiger partial charge is 0.133 e. The maximum Gasteiger partial charge on any atom is 0.133 e. The van der Waals surface area contributed by atoms with E-state index in [0.717, 1.165) is 31.2 Å². The molecule has 0 saturated heterocycles. The SMILES string of the molecule is CC(C)(F)c1c(F)cccc1C1(CN)CCCCC1. The number of benzene rings is 1. The van der Waals surface area contributed by atoms with Crippen molar-refractivity contribution in [3.63, 3.8) is 0 Å². The Morgan fingerprint density at radius 3 is 2.37 bits per heavy atom. The summed E-state index contributed by atoms with van der Waals surface area (Å²) in [6.45, 7) is 3.30. The molecule has 0 amide bonds. The van der Waals surface area contributed by atoms with Crippen LogP contribution in [0.15, 0.2) is 18.2 Å².